The van der Waals surface area contributed by atoms with Crippen LogP contribution in [0.25, 0.3) is 22.5 Å². The van der Waals surface area contributed by atoms with Crippen LogP contribution in [0.2, 0.25) is 0 Å². The Morgan fingerprint density at radius 2 is 1.06 bits per heavy atom. The van der Waals surface area contributed by atoms with Gasteiger partial charge in [-0.15, -0.1) is 0 Å². The van der Waals surface area contributed by atoms with Gasteiger partial charge in [0.2, 0.25) is 0 Å². The van der Waals surface area contributed by atoms with Crippen molar-refractivity contribution in [3.05, 3.63) is 72.1 Å². The molecule has 2 amide bonds. The van der Waals surface area contributed by atoms with Crippen LogP contribution in [-0.4, -0.2) is 42.9 Å². The summed E-state index contributed by atoms with van der Waals surface area (Å²) in [6, 6.07) is 14.6. The van der Waals surface area contributed by atoms with Crippen molar-refractivity contribution in [2.75, 3.05) is 10.6 Å². The molecule has 0 aliphatic rings. The molecule has 2 aromatic carbocycles. The van der Waals surface area contributed by atoms with Crippen molar-refractivity contribution < 1.29 is 45.4 Å². The number of alkyl halides is 6. The number of carbonyl (C=O) groups is 2. The van der Waals surface area contributed by atoms with E-state index in [-0.39, 0.29) is 5.69 Å². The molecule has 0 saturated heterocycles. The Bertz CT molecular complexity index is 1710. The second kappa shape index (κ2) is 14.0. The highest BCUT2D eigenvalue weighted by molar-refractivity contribution is 5.86. The molecule has 0 atom stereocenters. The van der Waals surface area contributed by atoms with E-state index < -0.39 is 47.1 Å². The summed E-state index contributed by atoms with van der Waals surface area (Å²) in [5.41, 5.74) is -0.472. The zero-order valence-electron chi connectivity index (χ0n) is 27.5. The van der Waals surface area contributed by atoms with Crippen LogP contribution >= 0.6 is 0 Å². The number of nitrogens with one attached hydrogen (secondary N) is 2. The Balaban J connectivity index is 0.000000260. The number of rotatable bonds is 4. The maximum absolute atomic E-state index is 12.8. The van der Waals surface area contributed by atoms with Crippen molar-refractivity contribution in [1.82, 2.24) is 19.6 Å². The van der Waals surface area contributed by atoms with Gasteiger partial charge in [0, 0.05) is 31.0 Å². The van der Waals surface area contributed by atoms with E-state index in [0.717, 1.165) is 16.8 Å². The van der Waals surface area contributed by atoms with Gasteiger partial charge in [-0.2, -0.15) is 36.5 Å². The van der Waals surface area contributed by atoms with Gasteiger partial charge < -0.3 is 9.47 Å². The molecule has 0 bridgehead atoms. The largest absolute Gasteiger partial charge is 0.444 e. The molecule has 0 spiro atoms. The normalized spacial score (nSPS) is 12.1. The van der Waals surface area contributed by atoms with Crippen LogP contribution in [0, 0.1) is 0 Å². The first-order valence-electron chi connectivity index (χ1n) is 14.3. The van der Waals surface area contributed by atoms with Crippen LogP contribution in [0.1, 0.15) is 52.9 Å². The molecule has 4 rings (SSSR count). The Morgan fingerprint density at radius 1 is 0.625 bits per heavy atom. The average molecular weight is 683 g/mol. The second-order valence-electron chi connectivity index (χ2n) is 12.5. The van der Waals surface area contributed by atoms with Crippen molar-refractivity contribution in [3.8, 4) is 22.5 Å². The Labute approximate surface area is 273 Å². The molecule has 2 aromatic heterocycles. The molecule has 0 unspecified atom stereocenters. The number of hydrogen-bond donors (Lipinski definition) is 2. The van der Waals surface area contributed by atoms with E-state index in [9.17, 15) is 35.9 Å². The molecule has 2 heterocycles. The SMILES string of the molecule is Cn1nc(-c2ccc(NC(=O)OC(C)(C)C)cc2)cc1C(F)(F)F.Cn1nc(C(F)(F)F)cc1-c1ccc(NC(=O)OC(C)(C)C)cc1. The minimum atomic E-state index is -4.49. The molecular formula is C32H36F6N6O4. The lowest BCUT2D eigenvalue weighted by atomic mass is 10.1. The summed E-state index contributed by atoms with van der Waals surface area (Å²) < 4.78 is 88.7. The highest BCUT2D eigenvalue weighted by atomic mass is 19.4. The number of nitrogens with zero attached hydrogens (tertiary/aromatic N) is 4. The van der Waals surface area contributed by atoms with E-state index in [4.69, 9.17) is 9.47 Å². The van der Waals surface area contributed by atoms with Crippen LogP contribution in [0.15, 0.2) is 60.7 Å². The van der Waals surface area contributed by atoms with E-state index in [1.165, 1.54) is 18.8 Å². The van der Waals surface area contributed by atoms with Gasteiger partial charge in [0.1, 0.15) is 16.9 Å². The molecule has 260 valence electrons. The monoisotopic (exact) mass is 682 g/mol. The predicted molar refractivity (Wildman–Crippen MR) is 167 cm³/mol. The van der Waals surface area contributed by atoms with E-state index in [0.29, 0.717) is 28.2 Å². The fraction of sp³-hybridized carbons (Fsp3) is 0.375. The molecule has 16 heteroatoms. The first kappa shape index (κ1) is 37.4. The summed E-state index contributed by atoms with van der Waals surface area (Å²) in [6.07, 6.45) is -10.2. The number of benzene rings is 2. The summed E-state index contributed by atoms with van der Waals surface area (Å²) in [5, 5.41) is 12.5. The topological polar surface area (TPSA) is 112 Å². The van der Waals surface area contributed by atoms with Crippen LogP contribution < -0.4 is 10.6 Å². The van der Waals surface area contributed by atoms with E-state index in [1.807, 2.05) is 0 Å². The number of anilines is 2. The van der Waals surface area contributed by atoms with Crippen LogP contribution in [0.5, 0.6) is 0 Å². The molecule has 0 fully saturated rings. The Kier molecular flexibility index (Phi) is 10.9. The van der Waals surface area contributed by atoms with E-state index in [1.54, 1.807) is 90.1 Å². The van der Waals surface area contributed by atoms with Crippen LogP contribution in [-0.2, 0) is 35.9 Å². The van der Waals surface area contributed by atoms with Crippen molar-refractivity contribution in [3.63, 3.8) is 0 Å². The number of aryl methyl sites for hydroxylation is 2. The summed E-state index contributed by atoms with van der Waals surface area (Å²) >= 11 is 0. The van der Waals surface area contributed by atoms with Crippen LogP contribution in [0.3, 0.4) is 0 Å². The lowest BCUT2D eigenvalue weighted by molar-refractivity contribution is -0.143. The standard InChI is InChI=1S/2C16H18F3N3O2/c1-15(2,3)24-14(23)20-11-7-5-10(6-8-11)12-9-13(16(17,18)19)21-22(12)4;1-15(2,3)24-14(23)20-11-7-5-10(6-8-11)12-9-13(16(17,18)19)22(4)21-12/h2*5-9H,1-4H3,(H,20,23). The smallest absolute Gasteiger partial charge is 0.435 e. The molecule has 48 heavy (non-hydrogen) atoms. The zero-order chi connectivity index (χ0) is 36.2. The molecule has 0 aliphatic carbocycles. The molecule has 0 aliphatic heterocycles. The molecule has 4 aromatic rings. The molecule has 0 radical (unpaired) electrons. The van der Waals surface area contributed by atoms with Gasteiger partial charge in [0.15, 0.2) is 5.69 Å². The minimum Gasteiger partial charge on any atom is -0.444 e. The van der Waals surface area contributed by atoms with Crippen molar-refractivity contribution in [2.45, 2.75) is 65.1 Å². The lowest BCUT2D eigenvalue weighted by Crippen LogP contribution is -2.27. The second-order valence-corrected chi connectivity index (χ2v) is 12.5. The fourth-order valence-corrected chi connectivity index (χ4v) is 4.04. The average Bonchev–Trinajstić information content (AvgIpc) is 3.51. The summed E-state index contributed by atoms with van der Waals surface area (Å²) in [6.45, 7) is 10.5. The van der Waals surface area contributed by atoms with Crippen LogP contribution in [0.4, 0.5) is 47.3 Å². The Hall–Kier alpha value is -5.02. The highest BCUT2D eigenvalue weighted by Crippen LogP contribution is 2.33. The molecular weight excluding hydrogens is 646 g/mol. The van der Waals surface area contributed by atoms with Gasteiger partial charge >= 0.3 is 24.5 Å². The number of aromatic nitrogens is 4. The molecule has 2 N–H and O–H groups in total. The van der Waals surface area contributed by atoms with Gasteiger partial charge in [-0.05, 0) is 83.5 Å². The maximum Gasteiger partial charge on any atom is 0.435 e. The number of halogens is 6. The molecule has 0 saturated carbocycles. The van der Waals surface area contributed by atoms with Gasteiger partial charge in [-0.25, -0.2) is 9.59 Å². The Morgan fingerprint density at radius 3 is 1.42 bits per heavy atom. The van der Waals surface area contributed by atoms with Crippen molar-refractivity contribution in [2.24, 2.45) is 14.1 Å². The van der Waals surface area contributed by atoms with Gasteiger partial charge in [0.05, 0.1) is 11.4 Å². The van der Waals surface area contributed by atoms with Crippen molar-refractivity contribution >= 4 is 23.6 Å². The maximum atomic E-state index is 12.8. The van der Waals surface area contributed by atoms with Gasteiger partial charge in [0.25, 0.3) is 0 Å². The predicted octanol–water partition coefficient (Wildman–Crippen LogP) is 8.91. The van der Waals surface area contributed by atoms with Gasteiger partial charge in [-0.3, -0.25) is 20.0 Å². The zero-order valence-corrected chi connectivity index (χ0v) is 27.5. The minimum absolute atomic E-state index is 0.202. The first-order valence-corrected chi connectivity index (χ1v) is 14.3. The number of carbonyl (C=O) groups excluding carboxylic acids is 2. The summed E-state index contributed by atoms with van der Waals surface area (Å²) in [7, 11) is 2.68. The molecule has 10 nitrogen and oxygen atoms in total. The summed E-state index contributed by atoms with van der Waals surface area (Å²) in [4.78, 5) is 23.3. The third-order valence-corrected chi connectivity index (χ3v) is 5.99. The lowest BCUT2D eigenvalue weighted by Gasteiger charge is -2.19. The van der Waals surface area contributed by atoms with E-state index in [2.05, 4.69) is 20.8 Å². The number of hydrogen-bond acceptors (Lipinski definition) is 6. The number of amides is 2. The first-order chi connectivity index (χ1) is 21.9. The number of ether oxygens (including phenoxy) is 2. The van der Waals surface area contributed by atoms with E-state index >= 15 is 0 Å². The van der Waals surface area contributed by atoms with Gasteiger partial charge in [-0.1, -0.05) is 24.3 Å². The third kappa shape index (κ3) is 11.1. The fourth-order valence-electron chi connectivity index (χ4n) is 4.04. The third-order valence-electron chi connectivity index (χ3n) is 5.99. The highest BCUT2D eigenvalue weighted by Gasteiger charge is 2.35. The summed E-state index contributed by atoms with van der Waals surface area (Å²) in [5.74, 6) is 0. The quantitative estimate of drug-likeness (QED) is 0.208. The van der Waals surface area contributed by atoms with Crippen molar-refractivity contribution in [1.29, 1.82) is 0 Å².